The summed E-state index contributed by atoms with van der Waals surface area (Å²) >= 11 is 0. The summed E-state index contributed by atoms with van der Waals surface area (Å²) in [6.07, 6.45) is 2.59. The van der Waals surface area contributed by atoms with E-state index in [0.29, 0.717) is 23.7 Å². The van der Waals surface area contributed by atoms with Gasteiger partial charge in [0.25, 0.3) is 0 Å². The maximum Gasteiger partial charge on any atom is 0.0896 e. The average Bonchev–Trinajstić information content (AvgIpc) is 2.69. The van der Waals surface area contributed by atoms with E-state index < -0.39 is 0 Å². The van der Waals surface area contributed by atoms with Crippen LogP contribution >= 0.6 is 0 Å². The molecule has 0 aliphatic heterocycles. The van der Waals surface area contributed by atoms with E-state index in [1.165, 1.54) is 33.4 Å². The van der Waals surface area contributed by atoms with Crippen molar-refractivity contribution in [1.29, 1.82) is 0 Å². The molecule has 1 aliphatic carbocycles. The third-order valence-electron chi connectivity index (χ3n) is 6.27. The van der Waals surface area contributed by atoms with Crippen molar-refractivity contribution in [2.75, 3.05) is 0 Å². The average molecular weight is 391 g/mol. The van der Waals surface area contributed by atoms with Crippen molar-refractivity contribution < 1.29 is 4.74 Å². The van der Waals surface area contributed by atoms with Crippen LogP contribution in [-0.4, -0.2) is 6.10 Å². The third-order valence-corrected chi connectivity index (χ3v) is 6.27. The Kier molecular flexibility index (Phi) is 6.69. The van der Waals surface area contributed by atoms with E-state index in [2.05, 4.69) is 104 Å². The first-order valence-corrected chi connectivity index (χ1v) is 11.3. The van der Waals surface area contributed by atoms with Gasteiger partial charge in [0.15, 0.2) is 0 Å². The van der Waals surface area contributed by atoms with Crippen LogP contribution in [0.1, 0.15) is 107 Å². The summed E-state index contributed by atoms with van der Waals surface area (Å²) in [4.78, 5) is 0. The number of ether oxygens (including phenoxy) is 1. The first-order chi connectivity index (χ1) is 13.7. The van der Waals surface area contributed by atoms with Gasteiger partial charge in [-0.25, -0.2) is 0 Å². The fourth-order valence-electron chi connectivity index (χ4n) is 4.49. The van der Waals surface area contributed by atoms with Crippen molar-refractivity contribution in [3.05, 3.63) is 76.4 Å². The Hall–Kier alpha value is -1.86. The van der Waals surface area contributed by atoms with Gasteiger partial charge in [-0.05, 0) is 58.1 Å². The van der Waals surface area contributed by atoms with Crippen LogP contribution in [0.3, 0.4) is 0 Å². The smallest absolute Gasteiger partial charge is 0.0896 e. The van der Waals surface area contributed by atoms with Crippen LogP contribution in [0.4, 0.5) is 0 Å². The predicted molar refractivity (Wildman–Crippen MR) is 126 cm³/mol. The zero-order valence-electron chi connectivity index (χ0n) is 19.5. The van der Waals surface area contributed by atoms with Crippen LogP contribution in [0.15, 0.2) is 48.5 Å². The lowest BCUT2D eigenvalue weighted by Gasteiger charge is -2.37. The minimum absolute atomic E-state index is 0.0749. The SMILES string of the molecule is CC(C)c1cc(C(C)C)c([C@@H](C)O[C@H]2C(c3ccccc3)=C[C@H]2C)c(C(C)C)c1. The first-order valence-electron chi connectivity index (χ1n) is 11.3. The lowest BCUT2D eigenvalue weighted by Crippen LogP contribution is -2.32. The molecule has 1 heteroatoms. The van der Waals surface area contributed by atoms with E-state index >= 15 is 0 Å². The highest BCUT2D eigenvalue weighted by Crippen LogP contribution is 2.42. The van der Waals surface area contributed by atoms with Crippen molar-refractivity contribution in [3.8, 4) is 0 Å². The molecule has 29 heavy (non-hydrogen) atoms. The molecule has 1 nitrogen and oxygen atoms in total. The van der Waals surface area contributed by atoms with Crippen molar-refractivity contribution >= 4 is 5.57 Å². The molecule has 1 aliphatic rings. The van der Waals surface area contributed by atoms with Crippen LogP contribution in [0.25, 0.3) is 5.57 Å². The molecule has 0 fully saturated rings. The topological polar surface area (TPSA) is 9.23 Å². The summed E-state index contributed by atoms with van der Waals surface area (Å²) in [5.74, 6) is 1.95. The van der Waals surface area contributed by atoms with Gasteiger partial charge >= 0.3 is 0 Å². The summed E-state index contributed by atoms with van der Waals surface area (Å²) in [7, 11) is 0. The van der Waals surface area contributed by atoms with Crippen molar-refractivity contribution in [1.82, 2.24) is 0 Å². The molecule has 3 rings (SSSR count). The Balaban J connectivity index is 1.96. The molecule has 0 spiro atoms. The fourth-order valence-corrected chi connectivity index (χ4v) is 4.49. The maximum atomic E-state index is 6.77. The Bertz CT molecular complexity index is 828. The number of benzene rings is 2. The zero-order chi connectivity index (χ0) is 21.3. The zero-order valence-corrected chi connectivity index (χ0v) is 19.5. The number of rotatable bonds is 7. The lowest BCUT2D eigenvalue weighted by molar-refractivity contribution is 0.000587. The molecular formula is C28H38O. The number of hydrogen-bond acceptors (Lipinski definition) is 1. The molecule has 0 amide bonds. The van der Waals surface area contributed by atoms with Crippen LogP contribution in [0.5, 0.6) is 0 Å². The van der Waals surface area contributed by atoms with Crippen molar-refractivity contribution in [3.63, 3.8) is 0 Å². The second-order valence-electron chi connectivity index (χ2n) is 9.62. The van der Waals surface area contributed by atoms with Gasteiger partial charge in [-0.3, -0.25) is 0 Å². The molecule has 0 saturated carbocycles. The highest BCUT2D eigenvalue weighted by molar-refractivity contribution is 5.74. The molecule has 0 heterocycles. The first kappa shape index (κ1) is 21.8. The fraction of sp³-hybridized carbons (Fsp3) is 0.500. The van der Waals surface area contributed by atoms with Crippen molar-refractivity contribution in [2.45, 2.75) is 85.4 Å². The maximum absolute atomic E-state index is 6.77. The van der Waals surface area contributed by atoms with Crippen LogP contribution in [0, 0.1) is 5.92 Å². The van der Waals surface area contributed by atoms with Gasteiger partial charge in [0.2, 0.25) is 0 Å². The second kappa shape index (κ2) is 8.88. The van der Waals surface area contributed by atoms with E-state index in [9.17, 15) is 0 Å². The summed E-state index contributed by atoms with van der Waals surface area (Å²) in [5, 5.41) is 0. The van der Waals surface area contributed by atoms with Gasteiger partial charge < -0.3 is 4.74 Å². The Morgan fingerprint density at radius 1 is 0.759 bits per heavy atom. The van der Waals surface area contributed by atoms with Gasteiger partial charge in [-0.1, -0.05) is 97.0 Å². The minimum Gasteiger partial charge on any atom is -0.365 e. The largest absolute Gasteiger partial charge is 0.365 e. The van der Waals surface area contributed by atoms with E-state index in [1.54, 1.807) is 0 Å². The molecule has 0 N–H and O–H groups in total. The number of hydrogen-bond donors (Lipinski definition) is 0. The Morgan fingerprint density at radius 2 is 1.31 bits per heavy atom. The second-order valence-corrected chi connectivity index (χ2v) is 9.62. The van der Waals surface area contributed by atoms with E-state index in [1.807, 2.05) is 0 Å². The third kappa shape index (κ3) is 4.51. The summed E-state index contributed by atoms with van der Waals surface area (Å²) in [5.41, 5.74) is 8.36. The van der Waals surface area contributed by atoms with Crippen LogP contribution in [-0.2, 0) is 4.74 Å². The van der Waals surface area contributed by atoms with Crippen LogP contribution in [0.2, 0.25) is 0 Å². The molecule has 0 bridgehead atoms. The molecular weight excluding hydrogens is 352 g/mol. The van der Waals surface area contributed by atoms with Gasteiger partial charge in [-0.15, -0.1) is 0 Å². The van der Waals surface area contributed by atoms with E-state index in [-0.39, 0.29) is 12.2 Å². The molecule has 3 atom stereocenters. The normalized spacial score (nSPS) is 20.2. The van der Waals surface area contributed by atoms with Crippen LogP contribution < -0.4 is 0 Å². The molecule has 0 saturated heterocycles. The van der Waals surface area contributed by atoms with Gasteiger partial charge in [0.1, 0.15) is 0 Å². The monoisotopic (exact) mass is 390 g/mol. The van der Waals surface area contributed by atoms with E-state index in [0.717, 1.165) is 0 Å². The molecule has 0 radical (unpaired) electrons. The van der Waals surface area contributed by atoms with Gasteiger partial charge in [0, 0.05) is 5.92 Å². The summed E-state index contributed by atoms with van der Waals surface area (Å²) in [6.45, 7) is 18.3. The van der Waals surface area contributed by atoms with Gasteiger partial charge in [0.05, 0.1) is 12.2 Å². The van der Waals surface area contributed by atoms with Gasteiger partial charge in [-0.2, -0.15) is 0 Å². The van der Waals surface area contributed by atoms with E-state index in [4.69, 9.17) is 4.74 Å². The molecule has 0 unspecified atom stereocenters. The lowest BCUT2D eigenvalue weighted by atomic mass is 9.79. The predicted octanol–water partition coefficient (Wildman–Crippen LogP) is 8.24. The minimum atomic E-state index is 0.0749. The Morgan fingerprint density at radius 3 is 1.76 bits per heavy atom. The molecule has 2 aromatic rings. The molecule has 0 aromatic heterocycles. The highest BCUT2D eigenvalue weighted by atomic mass is 16.5. The quantitative estimate of drug-likeness (QED) is 0.462. The Labute approximate surface area is 178 Å². The highest BCUT2D eigenvalue weighted by Gasteiger charge is 2.33. The standard InChI is InChI=1S/C28H38O/c1-17(2)23-15-24(18(3)4)27(25(16-23)19(5)6)21(8)29-28-20(7)14-26(28)22-12-10-9-11-13-22/h9-21,28H,1-8H3/t20-,21-,28-/m1/s1. The summed E-state index contributed by atoms with van der Waals surface area (Å²) < 4.78 is 6.77. The molecule has 156 valence electrons. The van der Waals surface area contributed by atoms with Crippen molar-refractivity contribution in [2.24, 2.45) is 5.92 Å². The summed E-state index contributed by atoms with van der Waals surface area (Å²) in [6, 6.07) is 15.5. The molecule has 2 aromatic carbocycles.